The van der Waals surface area contributed by atoms with E-state index >= 15 is 4.39 Å². The Morgan fingerprint density at radius 3 is 2.74 bits per heavy atom. The fraction of sp³-hybridized carbons (Fsp3) is 0.229. The summed E-state index contributed by atoms with van der Waals surface area (Å²) in [5.41, 5.74) is 5.01. The van der Waals surface area contributed by atoms with Gasteiger partial charge in [0, 0.05) is 71.1 Å². The number of ether oxygens (including phenoxy) is 2. The standard InChI is InChI=1S/C35H31F2N5O3S/c1-5-30(43)41-11-12-42-28(20(41)2)19-26(39-42)34-32(31-25(37)17-23(36)18-29(31)45-14-13-44-4)35-24(9-15-46-35)33(38-34)22-6-7-27-21(16-22)8-10-40(27)3/h5-10,15-20H,1,11-14H2,2-4H3/t20-/m1/s1. The number of fused-ring (bicyclic) bond motifs is 3. The molecule has 234 valence electrons. The SMILES string of the molecule is C=CC(=O)N1CCn2nc(-c3nc(-c4ccc5c(ccn5C)c4)c4ccsc4c3-c3c(F)cc(F)cc3OCCOC)cc2[C@H]1C. The number of carbonyl (C=O) groups excluding carboxylic acids is 1. The minimum atomic E-state index is -0.774. The molecule has 1 atom stereocenters. The number of hydrogen-bond donors (Lipinski definition) is 0. The van der Waals surface area contributed by atoms with E-state index in [1.165, 1.54) is 30.6 Å². The van der Waals surface area contributed by atoms with E-state index in [2.05, 4.69) is 29.3 Å². The van der Waals surface area contributed by atoms with Crippen LogP contribution in [0.2, 0.25) is 0 Å². The molecule has 0 bridgehead atoms. The molecule has 1 amide bonds. The van der Waals surface area contributed by atoms with Crippen molar-refractivity contribution in [1.82, 2.24) is 24.2 Å². The van der Waals surface area contributed by atoms with Gasteiger partial charge in [0.15, 0.2) is 0 Å². The molecule has 0 saturated carbocycles. The van der Waals surface area contributed by atoms with Crippen LogP contribution in [0.3, 0.4) is 0 Å². The molecule has 5 heterocycles. The van der Waals surface area contributed by atoms with Crippen LogP contribution in [0.25, 0.3) is 54.8 Å². The number of aryl methyl sites for hydroxylation is 1. The monoisotopic (exact) mass is 639 g/mol. The van der Waals surface area contributed by atoms with Gasteiger partial charge >= 0.3 is 0 Å². The van der Waals surface area contributed by atoms with E-state index in [-0.39, 0.29) is 36.5 Å². The van der Waals surface area contributed by atoms with E-state index < -0.39 is 11.6 Å². The molecular formula is C35H31F2N5O3S. The summed E-state index contributed by atoms with van der Waals surface area (Å²) in [6.45, 7) is 6.87. The van der Waals surface area contributed by atoms with Crippen molar-refractivity contribution in [3.63, 3.8) is 0 Å². The number of amides is 1. The third-order valence-corrected chi connectivity index (χ3v) is 9.47. The first kappa shape index (κ1) is 29.8. The third-order valence-electron chi connectivity index (χ3n) is 8.54. The van der Waals surface area contributed by atoms with Crippen molar-refractivity contribution >= 4 is 38.2 Å². The predicted octanol–water partition coefficient (Wildman–Crippen LogP) is 7.38. The maximum Gasteiger partial charge on any atom is 0.246 e. The van der Waals surface area contributed by atoms with Gasteiger partial charge in [0.2, 0.25) is 5.91 Å². The van der Waals surface area contributed by atoms with Gasteiger partial charge in [-0.05, 0) is 48.7 Å². The molecule has 0 unspecified atom stereocenters. The number of carbonyl (C=O) groups is 1. The highest BCUT2D eigenvalue weighted by molar-refractivity contribution is 7.18. The number of rotatable bonds is 8. The molecule has 0 saturated heterocycles. The summed E-state index contributed by atoms with van der Waals surface area (Å²) in [4.78, 5) is 19.6. The Balaban J connectivity index is 1.50. The summed E-state index contributed by atoms with van der Waals surface area (Å²) in [7, 11) is 3.53. The fourth-order valence-corrected chi connectivity index (χ4v) is 7.22. The number of methoxy groups -OCH3 is 1. The van der Waals surface area contributed by atoms with Crippen molar-refractivity contribution < 1.29 is 23.0 Å². The van der Waals surface area contributed by atoms with Crippen LogP contribution >= 0.6 is 11.3 Å². The number of aromatic nitrogens is 4. The maximum atomic E-state index is 16.0. The van der Waals surface area contributed by atoms with Gasteiger partial charge in [0.25, 0.3) is 0 Å². The van der Waals surface area contributed by atoms with E-state index in [1.54, 1.807) is 4.90 Å². The molecule has 4 aromatic heterocycles. The molecule has 7 rings (SSSR count). The molecule has 46 heavy (non-hydrogen) atoms. The molecule has 11 heteroatoms. The summed E-state index contributed by atoms with van der Waals surface area (Å²) >= 11 is 1.44. The molecule has 1 aliphatic rings. The van der Waals surface area contributed by atoms with Gasteiger partial charge in [-0.25, -0.2) is 13.8 Å². The first-order valence-corrected chi connectivity index (χ1v) is 15.8. The van der Waals surface area contributed by atoms with Crippen LogP contribution in [-0.2, 0) is 23.1 Å². The zero-order chi connectivity index (χ0) is 32.1. The lowest BCUT2D eigenvalue weighted by Gasteiger charge is -2.33. The molecule has 0 radical (unpaired) electrons. The zero-order valence-electron chi connectivity index (χ0n) is 25.6. The quantitative estimate of drug-likeness (QED) is 0.128. The van der Waals surface area contributed by atoms with Gasteiger partial charge in [-0.2, -0.15) is 5.10 Å². The second-order valence-corrected chi connectivity index (χ2v) is 12.2. The van der Waals surface area contributed by atoms with E-state index in [9.17, 15) is 9.18 Å². The lowest BCUT2D eigenvalue weighted by molar-refractivity contribution is -0.129. The van der Waals surface area contributed by atoms with E-state index in [0.717, 1.165) is 38.3 Å². The summed E-state index contributed by atoms with van der Waals surface area (Å²) in [6, 6.07) is 13.9. The normalized spacial score (nSPS) is 14.6. The molecule has 0 fully saturated rings. The average molecular weight is 640 g/mol. The topological polar surface area (TPSA) is 74.4 Å². The lowest BCUT2D eigenvalue weighted by Crippen LogP contribution is -2.40. The van der Waals surface area contributed by atoms with Crippen molar-refractivity contribution in [2.75, 3.05) is 26.9 Å². The van der Waals surface area contributed by atoms with Gasteiger partial charge in [-0.15, -0.1) is 11.3 Å². The van der Waals surface area contributed by atoms with Crippen LogP contribution < -0.4 is 4.74 Å². The highest BCUT2D eigenvalue weighted by atomic mass is 32.1. The van der Waals surface area contributed by atoms with Crippen molar-refractivity contribution in [2.24, 2.45) is 7.05 Å². The molecular weight excluding hydrogens is 608 g/mol. The number of hydrogen-bond acceptors (Lipinski definition) is 6. The highest BCUT2D eigenvalue weighted by Gasteiger charge is 2.31. The predicted molar refractivity (Wildman–Crippen MR) is 176 cm³/mol. The van der Waals surface area contributed by atoms with Gasteiger partial charge < -0.3 is 18.9 Å². The van der Waals surface area contributed by atoms with Crippen molar-refractivity contribution in [1.29, 1.82) is 0 Å². The van der Waals surface area contributed by atoms with Gasteiger partial charge in [-0.3, -0.25) is 9.48 Å². The van der Waals surface area contributed by atoms with E-state index in [4.69, 9.17) is 19.6 Å². The first-order valence-electron chi connectivity index (χ1n) is 14.9. The average Bonchev–Trinajstić information content (AvgIpc) is 3.79. The second-order valence-electron chi connectivity index (χ2n) is 11.2. The Bertz CT molecular complexity index is 2150. The summed E-state index contributed by atoms with van der Waals surface area (Å²) in [5, 5.41) is 8.77. The minimum absolute atomic E-state index is 0.0471. The number of halogens is 2. The van der Waals surface area contributed by atoms with Crippen LogP contribution in [0.15, 0.2) is 72.8 Å². The molecule has 8 nitrogen and oxygen atoms in total. The zero-order valence-corrected chi connectivity index (χ0v) is 26.4. The van der Waals surface area contributed by atoms with Gasteiger partial charge in [0.05, 0.1) is 36.1 Å². The third kappa shape index (κ3) is 4.96. The Hall–Kier alpha value is -4.87. The maximum absolute atomic E-state index is 16.0. The Morgan fingerprint density at radius 2 is 1.93 bits per heavy atom. The van der Waals surface area contributed by atoms with Gasteiger partial charge in [-0.1, -0.05) is 12.6 Å². The largest absolute Gasteiger partial charge is 0.490 e. The van der Waals surface area contributed by atoms with Crippen LogP contribution in [0.5, 0.6) is 5.75 Å². The second kappa shape index (κ2) is 11.8. The smallest absolute Gasteiger partial charge is 0.246 e. The van der Waals surface area contributed by atoms with Crippen LogP contribution in [0.4, 0.5) is 8.78 Å². The van der Waals surface area contributed by atoms with E-state index in [1.807, 2.05) is 48.4 Å². The minimum Gasteiger partial charge on any atom is -0.490 e. The first-order chi connectivity index (χ1) is 22.3. The number of benzene rings is 2. The summed E-state index contributed by atoms with van der Waals surface area (Å²) in [5.74, 6) is -1.64. The van der Waals surface area contributed by atoms with Crippen molar-refractivity contribution in [3.05, 3.63) is 90.1 Å². The highest BCUT2D eigenvalue weighted by Crippen LogP contribution is 2.47. The molecule has 1 aliphatic heterocycles. The van der Waals surface area contributed by atoms with Crippen LogP contribution in [0, 0.1) is 11.6 Å². The Morgan fingerprint density at radius 1 is 1.09 bits per heavy atom. The molecule has 6 aromatic rings. The van der Waals surface area contributed by atoms with Gasteiger partial charge in [0.1, 0.15) is 35.4 Å². The van der Waals surface area contributed by atoms with Crippen LogP contribution in [-0.4, -0.2) is 57.0 Å². The summed E-state index contributed by atoms with van der Waals surface area (Å²) in [6.07, 6.45) is 3.32. The summed E-state index contributed by atoms with van der Waals surface area (Å²) < 4.78 is 46.4. The Labute approximate surface area is 268 Å². The number of thiophene rings is 1. The van der Waals surface area contributed by atoms with Crippen molar-refractivity contribution in [3.8, 4) is 39.5 Å². The number of pyridine rings is 1. The number of nitrogens with zero attached hydrogens (tertiary/aromatic N) is 5. The van der Waals surface area contributed by atoms with E-state index in [0.29, 0.717) is 35.7 Å². The Kier molecular flexibility index (Phi) is 7.66. The van der Waals surface area contributed by atoms with Crippen molar-refractivity contribution in [2.45, 2.75) is 19.5 Å². The molecule has 2 aromatic carbocycles. The molecule has 0 spiro atoms. The lowest BCUT2D eigenvalue weighted by atomic mass is 9.96. The molecule has 0 N–H and O–H groups in total. The molecule has 0 aliphatic carbocycles. The van der Waals surface area contributed by atoms with Crippen LogP contribution in [0.1, 0.15) is 18.7 Å². The fourth-order valence-electron chi connectivity index (χ4n) is 6.27.